The minimum atomic E-state index is -0.320. The molecule has 0 bridgehead atoms. The molecule has 240 valence electrons. The third kappa shape index (κ3) is 7.62. The number of hydrogen-bond donors (Lipinski definition) is 5. The summed E-state index contributed by atoms with van der Waals surface area (Å²) < 4.78 is 0. The average Bonchev–Trinajstić information content (AvgIpc) is 3.42. The van der Waals surface area contributed by atoms with Crippen molar-refractivity contribution in [2.75, 3.05) is 17.2 Å². The smallest absolute Gasteiger partial charge is 0.323 e. The number of amides is 3. The largest absolute Gasteiger partial charge is 0.494 e. The fraction of sp³-hybridized carbons (Fsp3) is 0.125. The van der Waals surface area contributed by atoms with Crippen LogP contribution in [-0.2, 0) is 6.42 Å². The second-order valence-corrected chi connectivity index (χ2v) is 11.7. The number of nitrogens with one attached hydrogen (secondary N) is 4. The Morgan fingerprint density at radius 2 is 1.46 bits per heavy atom. The molecular weight excluding hydrogens is 598 g/mol. The van der Waals surface area contributed by atoms with Gasteiger partial charge in [-0.1, -0.05) is 84.9 Å². The average molecular weight is 636 g/mol. The standard InChI is InChI=1S/C40H37N5O3/c1-26-11-9-17-32(23-26)43-40(48)44-33-18-10-12-28(24-33)21-22-41-37(30-15-7-4-8-16-30)36-34-25-31(19-20-35(34)45-39(36)47)38(46)42-27(2)29-13-5-3-6-14-29/h3-20,23-25,27,45,47H,21-22H2,1-2H3,(H,42,46)(H2,43,44,48)/t27-/m1/s1. The lowest BCUT2D eigenvalue weighted by molar-refractivity contribution is 0.0940. The number of carbonyl (C=O) groups excluding carboxylic acids is 2. The van der Waals surface area contributed by atoms with E-state index in [1.165, 1.54) is 0 Å². The van der Waals surface area contributed by atoms with Crippen LogP contribution in [0.5, 0.6) is 5.88 Å². The molecule has 0 aliphatic carbocycles. The number of aromatic hydroxyl groups is 1. The van der Waals surface area contributed by atoms with E-state index in [1.807, 2.05) is 123 Å². The molecule has 0 saturated heterocycles. The number of aryl methyl sites for hydroxylation is 1. The Hall–Kier alpha value is -6.15. The lowest BCUT2D eigenvalue weighted by Crippen LogP contribution is -2.26. The normalized spacial score (nSPS) is 12.0. The van der Waals surface area contributed by atoms with Crippen LogP contribution in [0, 0.1) is 6.92 Å². The van der Waals surface area contributed by atoms with Gasteiger partial charge in [0.05, 0.1) is 17.3 Å². The molecule has 48 heavy (non-hydrogen) atoms. The zero-order valence-corrected chi connectivity index (χ0v) is 26.8. The van der Waals surface area contributed by atoms with Crippen molar-refractivity contribution in [2.24, 2.45) is 4.99 Å². The molecular formula is C40H37N5O3. The Bertz CT molecular complexity index is 2090. The molecule has 0 fully saturated rings. The van der Waals surface area contributed by atoms with E-state index in [-0.39, 0.29) is 23.9 Å². The van der Waals surface area contributed by atoms with Crippen molar-refractivity contribution in [3.63, 3.8) is 0 Å². The summed E-state index contributed by atoms with van der Waals surface area (Å²) in [4.78, 5) is 34.0. The SMILES string of the molecule is Cc1cccc(NC(=O)Nc2cccc(CCN=C(c3ccccc3)c3c(O)[nH]c4ccc(C(=O)N[C@H](C)c5ccccc5)cc34)c2)c1. The van der Waals surface area contributed by atoms with E-state index < -0.39 is 0 Å². The highest BCUT2D eigenvalue weighted by Crippen LogP contribution is 2.31. The molecule has 5 aromatic carbocycles. The molecule has 0 unspecified atom stereocenters. The number of benzene rings is 5. The van der Waals surface area contributed by atoms with E-state index >= 15 is 0 Å². The zero-order valence-electron chi connectivity index (χ0n) is 26.8. The summed E-state index contributed by atoms with van der Waals surface area (Å²) >= 11 is 0. The van der Waals surface area contributed by atoms with Gasteiger partial charge in [-0.15, -0.1) is 0 Å². The summed E-state index contributed by atoms with van der Waals surface area (Å²) in [5.41, 5.74) is 7.62. The Kier molecular flexibility index (Phi) is 9.62. The molecule has 0 aliphatic rings. The zero-order chi connectivity index (χ0) is 33.5. The van der Waals surface area contributed by atoms with Crippen molar-refractivity contribution >= 4 is 39.9 Å². The van der Waals surface area contributed by atoms with Crippen molar-refractivity contribution in [2.45, 2.75) is 26.3 Å². The first-order chi connectivity index (χ1) is 23.3. The monoisotopic (exact) mass is 635 g/mol. The second-order valence-electron chi connectivity index (χ2n) is 11.7. The lowest BCUT2D eigenvalue weighted by Gasteiger charge is -2.14. The number of aliphatic imine (C=N–C) groups is 1. The molecule has 0 saturated carbocycles. The molecule has 5 N–H and O–H groups in total. The van der Waals surface area contributed by atoms with Gasteiger partial charge in [-0.3, -0.25) is 9.79 Å². The number of H-pyrrole nitrogens is 1. The molecule has 1 heterocycles. The van der Waals surface area contributed by atoms with Gasteiger partial charge in [0.2, 0.25) is 0 Å². The molecule has 3 amide bonds. The number of anilines is 2. The van der Waals surface area contributed by atoms with Crippen LogP contribution < -0.4 is 16.0 Å². The molecule has 8 heteroatoms. The van der Waals surface area contributed by atoms with E-state index in [4.69, 9.17) is 4.99 Å². The van der Waals surface area contributed by atoms with Gasteiger partial charge in [0.1, 0.15) is 0 Å². The molecule has 0 spiro atoms. The highest BCUT2D eigenvalue weighted by molar-refractivity contribution is 6.21. The van der Waals surface area contributed by atoms with Crippen molar-refractivity contribution in [3.05, 3.63) is 161 Å². The first kappa shape index (κ1) is 31.8. The van der Waals surface area contributed by atoms with Gasteiger partial charge in [-0.2, -0.15) is 0 Å². The highest BCUT2D eigenvalue weighted by atomic mass is 16.3. The lowest BCUT2D eigenvalue weighted by atomic mass is 9.99. The van der Waals surface area contributed by atoms with Gasteiger partial charge in [0, 0.05) is 39.9 Å². The van der Waals surface area contributed by atoms with Crippen LogP contribution in [0.4, 0.5) is 16.2 Å². The predicted molar refractivity (Wildman–Crippen MR) is 193 cm³/mol. The molecule has 0 radical (unpaired) electrons. The van der Waals surface area contributed by atoms with Crippen LogP contribution in [0.1, 0.15) is 51.1 Å². The fourth-order valence-corrected chi connectivity index (χ4v) is 5.69. The second kappa shape index (κ2) is 14.5. The number of nitrogens with zero attached hydrogens (tertiary/aromatic N) is 1. The Balaban J connectivity index is 1.23. The summed E-state index contributed by atoms with van der Waals surface area (Å²) in [5.74, 6) is -0.229. The number of hydrogen-bond acceptors (Lipinski definition) is 4. The van der Waals surface area contributed by atoms with Gasteiger partial charge in [0.15, 0.2) is 5.88 Å². The minimum absolute atomic E-state index is 0.0198. The number of urea groups is 1. The van der Waals surface area contributed by atoms with Crippen molar-refractivity contribution in [3.8, 4) is 5.88 Å². The Morgan fingerprint density at radius 3 is 2.19 bits per heavy atom. The fourth-order valence-electron chi connectivity index (χ4n) is 5.69. The highest BCUT2D eigenvalue weighted by Gasteiger charge is 2.20. The molecule has 1 atom stereocenters. The minimum Gasteiger partial charge on any atom is -0.494 e. The summed E-state index contributed by atoms with van der Waals surface area (Å²) in [6.45, 7) is 4.35. The van der Waals surface area contributed by atoms with Gasteiger partial charge >= 0.3 is 6.03 Å². The van der Waals surface area contributed by atoms with Crippen LogP contribution in [-0.4, -0.2) is 34.3 Å². The summed E-state index contributed by atoms with van der Waals surface area (Å²) in [6, 6.07) is 39.6. The molecule has 6 aromatic rings. The van der Waals surface area contributed by atoms with Crippen molar-refractivity contribution < 1.29 is 14.7 Å². The molecule has 1 aromatic heterocycles. The number of aromatic nitrogens is 1. The first-order valence-corrected chi connectivity index (χ1v) is 15.9. The first-order valence-electron chi connectivity index (χ1n) is 15.9. The van der Waals surface area contributed by atoms with Crippen molar-refractivity contribution in [1.82, 2.24) is 10.3 Å². The summed E-state index contributed by atoms with van der Waals surface area (Å²) in [5, 5.41) is 20.7. The van der Waals surface area contributed by atoms with Crippen LogP contribution in [0.15, 0.2) is 132 Å². The number of rotatable bonds is 10. The molecule has 0 aliphatic heterocycles. The van der Waals surface area contributed by atoms with Crippen LogP contribution in [0.25, 0.3) is 10.9 Å². The van der Waals surface area contributed by atoms with Crippen LogP contribution in [0.3, 0.4) is 0 Å². The van der Waals surface area contributed by atoms with Crippen LogP contribution >= 0.6 is 0 Å². The predicted octanol–water partition coefficient (Wildman–Crippen LogP) is 8.40. The third-order valence-corrected chi connectivity index (χ3v) is 8.10. The van der Waals surface area contributed by atoms with E-state index in [1.54, 1.807) is 18.2 Å². The van der Waals surface area contributed by atoms with Crippen LogP contribution in [0.2, 0.25) is 0 Å². The topological polar surface area (TPSA) is 119 Å². The quantitative estimate of drug-likeness (QED) is 0.0973. The number of fused-ring (bicyclic) bond motifs is 1. The van der Waals surface area contributed by atoms with Gasteiger partial charge in [0.25, 0.3) is 5.91 Å². The van der Waals surface area contributed by atoms with Crippen molar-refractivity contribution in [1.29, 1.82) is 0 Å². The van der Waals surface area contributed by atoms with Gasteiger partial charge in [-0.05, 0) is 79.4 Å². The molecule has 6 rings (SSSR count). The van der Waals surface area contributed by atoms with E-state index in [2.05, 4.69) is 20.9 Å². The Morgan fingerprint density at radius 1 is 0.771 bits per heavy atom. The summed E-state index contributed by atoms with van der Waals surface area (Å²) in [6.07, 6.45) is 0.597. The maximum Gasteiger partial charge on any atom is 0.323 e. The van der Waals surface area contributed by atoms with E-state index in [9.17, 15) is 14.7 Å². The van der Waals surface area contributed by atoms with E-state index in [0.717, 1.165) is 27.9 Å². The third-order valence-electron chi connectivity index (χ3n) is 8.10. The number of carbonyl (C=O) groups is 2. The maximum absolute atomic E-state index is 13.3. The van der Waals surface area contributed by atoms with Gasteiger partial charge in [-0.25, -0.2) is 4.79 Å². The Labute approximate surface area is 279 Å². The van der Waals surface area contributed by atoms with Gasteiger partial charge < -0.3 is 26.0 Å². The maximum atomic E-state index is 13.3. The summed E-state index contributed by atoms with van der Waals surface area (Å²) in [7, 11) is 0. The number of aromatic amines is 1. The molecule has 8 nitrogen and oxygen atoms in total. The van der Waals surface area contributed by atoms with E-state index in [0.29, 0.717) is 46.4 Å².